The second-order valence-corrected chi connectivity index (χ2v) is 4.23. The van der Waals surface area contributed by atoms with Crippen LogP contribution in [0.2, 0.25) is 0 Å². The lowest BCUT2D eigenvalue weighted by Gasteiger charge is -2.30. The van der Waals surface area contributed by atoms with E-state index in [9.17, 15) is 13.2 Å². The Bertz CT molecular complexity index is 456. The third-order valence-electron chi connectivity index (χ3n) is 2.62. The molecule has 1 N–H and O–H groups in total. The van der Waals surface area contributed by atoms with Gasteiger partial charge in [0.25, 0.3) is 0 Å². The molecule has 0 atom stereocenters. The summed E-state index contributed by atoms with van der Waals surface area (Å²) in [6.45, 7) is 3.42. The maximum atomic E-state index is 12.6. The number of thiocarbonyl (C=S) groups is 1. The average Bonchev–Trinajstić information content (AvgIpc) is 2.71. The van der Waals surface area contributed by atoms with Crippen molar-refractivity contribution in [2.75, 3.05) is 13.1 Å². The normalized spacial score (nSPS) is 15.4. The predicted octanol–water partition coefficient (Wildman–Crippen LogP) is 1.01. The van der Waals surface area contributed by atoms with Crippen LogP contribution in [0.15, 0.2) is 0 Å². The molecule has 0 radical (unpaired) electrons. The van der Waals surface area contributed by atoms with E-state index in [1.165, 1.54) is 0 Å². The van der Waals surface area contributed by atoms with Gasteiger partial charge in [0, 0.05) is 19.6 Å². The molecule has 1 aromatic rings. The second-order valence-electron chi connectivity index (χ2n) is 3.85. The van der Waals surface area contributed by atoms with Gasteiger partial charge < -0.3 is 14.8 Å². The minimum absolute atomic E-state index is 0.183. The first-order valence-electron chi connectivity index (χ1n) is 5.45. The monoisotopic (exact) mass is 279 g/mol. The maximum absolute atomic E-state index is 12.6. The molecule has 5 nitrogen and oxygen atoms in total. The van der Waals surface area contributed by atoms with Crippen LogP contribution in [0.4, 0.5) is 13.2 Å². The Labute approximate surface area is 107 Å². The molecule has 2 heterocycles. The van der Waals surface area contributed by atoms with E-state index in [4.69, 9.17) is 12.2 Å². The van der Waals surface area contributed by atoms with Crippen molar-refractivity contribution in [1.82, 2.24) is 25.0 Å². The number of hydrogen-bond donors (Lipinski definition) is 1. The van der Waals surface area contributed by atoms with Crippen LogP contribution in [0.5, 0.6) is 0 Å². The van der Waals surface area contributed by atoms with Crippen LogP contribution >= 0.6 is 12.2 Å². The minimum Gasteiger partial charge on any atom is -0.363 e. The number of aromatic nitrogens is 3. The Morgan fingerprint density at radius 1 is 1.39 bits per heavy atom. The minimum atomic E-state index is -4.46. The van der Waals surface area contributed by atoms with Gasteiger partial charge in [-0.1, -0.05) is 0 Å². The van der Waals surface area contributed by atoms with Crippen molar-refractivity contribution in [2.24, 2.45) is 0 Å². The molecule has 0 bridgehead atoms. The van der Waals surface area contributed by atoms with E-state index < -0.39 is 12.0 Å². The van der Waals surface area contributed by atoms with Gasteiger partial charge in [-0.15, -0.1) is 10.2 Å². The van der Waals surface area contributed by atoms with Crippen molar-refractivity contribution in [2.45, 2.75) is 26.2 Å². The zero-order valence-corrected chi connectivity index (χ0v) is 10.5. The molecule has 2 rings (SSSR count). The summed E-state index contributed by atoms with van der Waals surface area (Å²) in [6, 6.07) is 0. The van der Waals surface area contributed by atoms with E-state index in [1.54, 1.807) is 4.90 Å². The van der Waals surface area contributed by atoms with E-state index in [0.29, 0.717) is 18.2 Å². The lowest BCUT2D eigenvalue weighted by atomic mass is 10.3. The summed E-state index contributed by atoms with van der Waals surface area (Å²) in [5.74, 6) is -0.652. The number of fused-ring (bicyclic) bond motifs is 1. The first-order chi connectivity index (χ1) is 8.43. The van der Waals surface area contributed by atoms with Crippen molar-refractivity contribution in [3.63, 3.8) is 0 Å². The highest BCUT2D eigenvalue weighted by atomic mass is 32.1. The molecule has 0 amide bonds. The molecule has 1 aliphatic heterocycles. The molecule has 1 aliphatic rings. The highest BCUT2D eigenvalue weighted by Gasteiger charge is 2.39. The van der Waals surface area contributed by atoms with Crippen molar-refractivity contribution in [3.8, 4) is 0 Å². The largest absolute Gasteiger partial charge is 0.451 e. The molecule has 0 saturated carbocycles. The molecule has 0 aromatic carbocycles. The molecule has 0 saturated heterocycles. The number of nitrogens with one attached hydrogen (secondary N) is 1. The number of hydrogen-bond acceptors (Lipinski definition) is 3. The van der Waals surface area contributed by atoms with Gasteiger partial charge >= 0.3 is 6.18 Å². The molecule has 0 spiro atoms. The number of halogens is 3. The van der Waals surface area contributed by atoms with Crippen LogP contribution in [0.25, 0.3) is 0 Å². The van der Waals surface area contributed by atoms with Crippen LogP contribution in [0, 0.1) is 0 Å². The van der Waals surface area contributed by atoms with Crippen LogP contribution in [0.1, 0.15) is 18.6 Å². The quantitative estimate of drug-likeness (QED) is 0.777. The molecule has 0 fully saturated rings. The van der Waals surface area contributed by atoms with Gasteiger partial charge in [0.15, 0.2) is 10.9 Å². The van der Waals surface area contributed by atoms with Gasteiger partial charge in [-0.05, 0) is 19.1 Å². The van der Waals surface area contributed by atoms with Crippen LogP contribution in [-0.2, 0) is 19.3 Å². The third kappa shape index (κ3) is 2.40. The molecule has 100 valence electrons. The summed E-state index contributed by atoms with van der Waals surface area (Å²) in [6.07, 6.45) is -4.46. The van der Waals surface area contributed by atoms with Gasteiger partial charge in [-0.25, -0.2) is 0 Å². The SMILES string of the molecule is CCNC(=S)N1CCn2c(nnc2C(F)(F)F)C1. The standard InChI is InChI=1S/C9H12F3N5S/c1-2-13-8(18)16-3-4-17-6(5-16)14-15-7(17)9(10,11)12/h2-5H2,1H3,(H,13,18). The van der Waals surface area contributed by atoms with Gasteiger partial charge in [-0.2, -0.15) is 13.2 Å². The van der Waals surface area contributed by atoms with Crippen molar-refractivity contribution in [1.29, 1.82) is 0 Å². The summed E-state index contributed by atoms with van der Waals surface area (Å²) in [4.78, 5) is 1.78. The summed E-state index contributed by atoms with van der Waals surface area (Å²) in [5, 5.41) is 10.3. The fraction of sp³-hybridized carbons (Fsp3) is 0.667. The number of rotatable bonds is 1. The Kier molecular flexibility index (Phi) is 3.42. The van der Waals surface area contributed by atoms with Gasteiger partial charge in [0.1, 0.15) is 0 Å². The fourth-order valence-corrected chi connectivity index (χ4v) is 2.10. The molecule has 1 aromatic heterocycles. The van der Waals surface area contributed by atoms with E-state index in [-0.39, 0.29) is 18.9 Å². The van der Waals surface area contributed by atoms with Crippen LogP contribution < -0.4 is 5.32 Å². The molecular weight excluding hydrogens is 267 g/mol. The number of nitrogens with zero attached hydrogens (tertiary/aromatic N) is 4. The Morgan fingerprint density at radius 2 is 2.11 bits per heavy atom. The molecule has 0 unspecified atom stereocenters. The highest BCUT2D eigenvalue weighted by Crippen LogP contribution is 2.29. The van der Waals surface area contributed by atoms with Crippen molar-refractivity contribution in [3.05, 3.63) is 11.6 Å². The van der Waals surface area contributed by atoms with E-state index in [1.807, 2.05) is 6.92 Å². The first-order valence-corrected chi connectivity index (χ1v) is 5.86. The summed E-state index contributed by atoms with van der Waals surface area (Å²) < 4.78 is 38.9. The Morgan fingerprint density at radius 3 is 2.72 bits per heavy atom. The first kappa shape index (κ1) is 13.1. The van der Waals surface area contributed by atoms with E-state index in [2.05, 4.69) is 15.5 Å². The summed E-state index contributed by atoms with van der Waals surface area (Å²) in [5.41, 5.74) is 0. The topological polar surface area (TPSA) is 46.0 Å². The van der Waals surface area contributed by atoms with Crippen LogP contribution in [0.3, 0.4) is 0 Å². The average molecular weight is 279 g/mol. The maximum Gasteiger partial charge on any atom is 0.451 e. The lowest BCUT2D eigenvalue weighted by molar-refractivity contribution is -0.147. The molecule has 18 heavy (non-hydrogen) atoms. The van der Waals surface area contributed by atoms with E-state index in [0.717, 1.165) is 4.57 Å². The molecular formula is C9H12F3N5S. The highest BCUT2D eigenvalue weighted by molar-refractivity contribution is 7.80. The van der Waals surface area contributed by atoms with Crippen LogP contribution in [-0.4, -0.2) is 37.9 Å². The van der Waals surface area contributed by atoms with Gasteiger partial charge in [-0.3, -0.25) is 0 Å². The smallest absolute Gasteiger partial charge is 0.363 e. The fourth-order valence-electron chi connectivity index (χ4n) is 1.80. The summed E-state index contributed by atoms with van der Waals surface area (Å²) >= 11 is 5.12. The van der Waals surface area contributed by atoms with E-state index >= 15 is 0 Å². The van der Waals surface area contributed by atoms with Crippen molar-refractivity contribution >= 4 is 17.3 Å². The zero-order valence-electron chi connectivity index (χ0n) is 9.66. The Hall–Kier alpha value is -1.38. The van der Waals surface area contributed by atoms with Gasteiger partial charge in [0.05, 0.1) is 6.54 Å². The molecule has 9 heteroatoms. The predicted molar refractivity (Wildman–Crippen MR) is 61.7 cm³/mol. The zero-order chi connectivity index (χ0) is 13.3. The lowest BCUT2D eigenvalue weighted by Crippen LogP contribution is -2.44. The van der Waals surface area contributed by atoms with Gasteiger partial charge in [0.2, 0.25) is 5.82 Å². The summed E-state index contributed by atoms with van der Waals surface area (Å²) in [7, 11) is 0. The number of alkyl halides is 3. The Balaban J connectivity index is 2.17. The van der Waals surface area contributed by atoms with Crippen molar-refractivity contribution < 1.29 is 13.2 Å². The second kappa shape index (κ2) is 4.71. The third-order valence-corrected chi connectivity index (χ3v) is 3.02. The molecule has 0 aliphatic carbocycles.